The summed E-state index contributed by atoms with van der Waals surface area (Å²) in [5.74, 6) is 0.573. The fourth-order valence-electron chi connectivity index (χ4n) is 8.02. The molecule has 7 aromatic rings. The first-order valence-electron chi connectivity index (χ1n) is 25.6. The quantitative estimate of drug-likeness (QED) is 0.0555. The average Bonchev–Trinajstić information content (AvgIpc) is 3.84. The molecule has 20 nitrogen and oxygen atoms in total. The molecule has 76 heavy (non-hydrogen) atoms. The number of amides is 5. The van der Waals surface area contributed by atoms with Crippen molar-refractivity contribution in [1.82, 2.24) is 66.3 Å². The maximum atomic E-state index is 12.9. The molecule has 2 aromatic carbocycles. The van der Waals surface area contributed by atoms with E-state index in [-0.39, 0.29) is 18.0 Å². The number of urea groups is 2. The van der Waals surface area contributed by atoms with E-state index in [9.17, 15) is 14.4 Å². The number of aromatic nitrogens is 6. The highest BCUT2D eigenvalue weighted by molar-refractivity contribution is 6.07. The highest BCUT2D eigenvalue weighted by Crippen LogP contribution is 2.38. The van der Waals surface area contributed by atoms with Gasteiger partial charge in [-0.3, -0.25) is 40.3 Å². The van der Waals surface area contributed by atoms with Gasteiger partial charge in [-0.15, -0.1) is 0 Å². The first kappa shape index (κ1) is 57.1. The Labute approximate surface area is 445 Å². The van der Waals surface area contributed by atoms with Crippen LogP contribution < -0.4 is 37.2 Å². The lowest BCUT2D eigenvalue weighted by molar-refractivity contribution is 0.0383. The van der Waals surface area contributed by atoms with Gasteiger partial charge < -0.3 is 41.2 Å². The molecule has 0 aliphatic carbocycles. The molecule has 1 saturated heterocycles. The molecule has 20 heteroatoms. The summed E-state index contributed by atoms with van der Waals surface area (Å²) in [6.45, 7) is 14.8. The zero-order chi connectivity index (χ0) is 54.2. The van der Waals surface area contributed by atoms with Crippen LogP contribution in [0.5, 0.6) is 0 Å². The molecule has 0 atom stereocenters. The predicted octanol–water partition coefficient (Wildman–Crippen LogP) is 7.62. The SMILES string of the molecule is CCC.CCNC(=O)NC1=NCc2cc(-c3cccnc3)cc(-c3cc(CN(C)C)ccn3)c2N1.CCNC(=O)Nc1nc2c(-c3ccccn3)cc(-c3cncc(C(=O)NCCN4CCOCC4)c3)cc2[nH]1.CNC. The van der Waals surface area contributed by atoms with Gasteiger partial charge in [-0.05, 0) is 125 Å². The van der Waals surface area contributed by atoms with E-state index in [1.54, 1.807) is 24.8 Å². The Hall–Kier alpha value is -8.17. The molecule has 1 fully saturated rings. The molecule has 0 spiro atoms. The van der Waals surface area contributed by atoms with E-state index in [2.05, 4.69) is 114 Å². The number of aliphatic imine (C=N–C) groups is 1. The molecule has 0 unspecified atom stereocenters. The molecule has 400 valence electrons. The van der Waals surface area contributed by atoms with Crippen molar-refractivity contribution in [3.63, 3.8) is 0 Å². The van der Waals surface area contributed by atoms with Crippen LogP contribution in [0, 0.1) is 0 Å². The van der Waals surface area contributed by atoms with Crippen LogP contribution in [0.4, 0.5) is 21.2 Å². The Morgan fingerprint density at radius 1 is 0.724 bits per heavy atom. The maximum Gasteiger partial charge on any atom is 0.321 e. The largest absolute Gasteiger partial charge is 0.379 e. The number of anilines is 2. The van der Waals surface area contributed by atoms with Crippen molar-refractivity contribution in [1.29, 1.82) is 0 Å². The monoisotopic (exact) mass is 1030 g/mol. The minimum atomic E-state index is -0.345. The minimum absolute atomic E-state index is 0.173. The third-order valence-electron chi connectivity index (χ3n) is 11.3. The molecule has 5 amide bonds. The van der Waals surface area contributed by atoms with Crippen molar-refractivity contribution < 1.29 is 19.1 Å². The Morgan fingerprint density at radius 2 is 1.43 bits per heavy atom. The molecular weight excluding hydrogens is 961 g/mol. The lowest BCUT2D eigenvalue weighted by atomic mass is 9.95. The standard InChI is InChI=1S/C27H30N8O3.C24H27N7O.C3H8.C2H7N/c1-2-29-27(37)34-26-32-23-15-18(14-21(24(23)33-26)22-5-3-4-6-30-22)19-13-20(17-28-16-19)25(36)31-7-8-35-9-11-38-12-10-35;1-4-26-24(32)30-23-28-14-19-11-18(17-6-5-8-25-13-17)12-20(22(19)29-23)21-10-16(7-9-27-21)15-31(2)3;2*1-3-2/h3-6,13-17H,2,7-12H2,1H3,(H,31,36)(H3,29,32,33,34,37);5-13H,4,14-15H2,1-3H3,(H3,26,28,29,30,32);3H2,1-2H3;3H,1-2H3. The number of ether oxygens (including phenoxy) is 1. The van der Waals surface area contributed by atoms with Crippen LogP contribution in [-0.4, -0.2) is 144 Å². The molecule has 5 aromatic heterocycles. The number of nitrogens with one attached hydrogen (secondary N) is 8. The van der Waals surface area contributed by atoms with Crippen LogP contribution in [0.15, 0.2) is 115 Å². The summed E-state index contributed by atoms with van der Waals surface area (Å²) < 4.78 is 5.37. The van der Waals surface area contributed by atoms with Crippen molar-refractivity contribution in [3.8, 4) is 44.8 Å². The summed E-state index contributed by atoms with van der Waals surface area (Å²) in [4.78, 5) is 71.4. The summed E-state index contributed by atoms with van der Waals surface area (Å²) in [6.07, 6.45) is 11.7. The zero-order valence-electron chi connectivity index (χ0n) is 44.9. The van der Waals surface area contributed by atoms with Gasteiger partial charge >= 0.3 is 12.1 Å². The third kappa shape index (κ3) is 16.7. The normalized spacial score (nSPS) is 12.7. The van der Waals surface area contributed by atoms with Crippen molar-refractivity contribution in [3.05, 3.63) is 127 Å². The number of benzene rings is 2. The molecule has 2 aliphatic rings. The van der Waals surface area contributed by atoms with Gasteiger partial charge in [-0.25, -0.2) is 19.6 Å². The first-order valence-corrected chi connectivity index (χ1v) is 25.6. The molecule has 0 radical (unpaired) electrons. The fraction of sp³-hybridized carbons (Fsp3) is 0.339. The number of carbonyl (C=O) groups excluding carboxylic acids is 3. The van der Waals surface area contributed by atoms with E-state index in [0.717, 1.165) is 101 Å². The van der Waals surface area contributed by atoms with Gasteiger partial charge in [0, 0.05) is 105 Å². The molecule has 2 aliphatic heterocycles. The second kappa shape index (κ2) is 29.7. The maximum absolute atomic E-state index is 12.9. The average molecular weight is 1030 g/mol. The zero-order valence-corrected chi connectivity index (χ0v) is 44.9. The van der Waals surface area contributed by atoms with E-state index in [0.29, 0.717) is 49.2 Å². The summed E-state index contributed by atoms with van der Waals surface area (Å²) in [5.41, 5.74) is 12.0. The van der Waals surface area contributed by atoms with Crippen molar-refractivity contribution in [2.75, 3.05) is 91.3 Å². The predicted molar refractivity (Wildman–Crippen MR) is 303 cm³/mol. The Balaban J connectivity index is 0.000000226. The van der Waals surface area contributed by atoms with E-state index in [4.69, 9.17) is 4.74 Å². The lowest BCUT2D eigenvalue weighted by Gasteiger charge is -2.26. The number of guanidine groups is 1. The lowest BCUT2D eigenvalue weighted by Crippen LogP contribution is -2.43. The number of morpholine rings is 1. The third-order valence-corrected chi connectivity index (χ3v) is 11.3. The smallest absolute Gasteiger partial charge is 0.321 e. The molecule has 0 bridgehead atoms. The van der Waals surface area contributed by atoms with E-state index >= 15 is 0 Å². The highest BCUT2D eigenvalue weighted by Gasteiger charge is 2.22. The van der Waals surface area contributed by atoms with Gasteiger partial charge in [0.1, 0.15) is 0 Å². The second-order valence-corrected chi connectivity index (χ2v) is 17.9. The van der Waals surface area contributed by atoms with Crippen molar-refractivity contribution in [2.45, 2.75) is 47.2 Å². The summed E-state index contributed by atoms with van der Waals surface area (Å²) in [6, 6.07) is 23.1. The molecule has 0 saturated carbocycles. The fourth-order valence-corrected chi connectivity index (χ4v) is 8.02. The summed E-state index contributed by atoms with van der Waals surface area (Å²) in [7, 11) is 7.84. The number of carbonyl (C=O) groups is 3. The second-order valence-electron chi connectivity index (χ2n) is 17.9. The van der Waals surface area contributed by atoms with E-state index in [1.807, 2.05) is 109 Å². The molecule has 9 rings (SSSR count). The van der Waals surface area contributed by atoms with Gasteiger partial charge in [0.2, 0.25) is 11.9 Å². The Bertz CT molecular complexity index is 3000. The van der Waals surface area contributed by atoms with Gasteiger partial charge in [0.25, 0.3) is 5.91 Å². The van der Waals surface area contributed by atoms with Crippen molar-refractivity contribution in [2.24, 2.45) is 4.99 Å². The van der Waals surface area contributed by atoms with Gasteiger partial charge in [0.05, 0.1) is 53.4 Å². The van der Waals surface area contributed by atoms with Crippen LogP contribution in [0.1, 0.15) is 55.6 Å². The molecular formula is C56H72N16O4. The van der Waals surface area contributed by atoms with Crippen LogP contribution in [0.25, 0.3) is 55.8 Å². The van der Waals surface area contributed by atoms with Gasteiger partial charge in [0.15, 0.2) is 0 Å². The first-order chi connectivity index (χ1) is 37.0. The minimum Gasteiger partial charge on any atom is -0.379 e. The number of hydrogen-bond donors (Lipinski definition) is 8. The number of hydrogen-bond acceptors (Lipinski definition) is 14. The number of pyridine rings is 4. The highest BCUT2D eigenvalue weighted by atomic mass is 16.5. The number of imidazole rings is 1. The summed E-state index contributed by atoms with van der Waals surface area (Å²) in [5, 5.41) is 20.0. The number of aromatic amines is 1. The van der Waals surface area contributed by atoms with Crippen LogP contribution in [0.3, 0.4) is 0 Å². The Kier molecular flexibility index (Phi) is 22.3. The summed E-state index contributed by atoms with van der Waals surface area (Å²) >= 11 is 0. The Morgan fingerprint density at radius 3 is 2.13 bits per heavy atom. The number of H-pyrrole nitrogens is 1. The van der Waals surface area contributed by atoms with Gasteiger partial charge in [-0.2, -0.15) is 0 Å². The van der Waals surface area contributed by atoms with Crippen molar-refractivity contribution >= 4 is 46.6 Å². The van der Waals surface area contributed by atoms with Gasteiger partial charge in [-0.1, -0.05) is 32.4 Å². The number of rotatable bonds is 13. The van der Waals surface area contributed by atoms with Crippen LogP contribution >= 0.6 is 0 Å². The molecule has 8 N–H and O–H groups in total. The molecule has 7 heterocycles. The van der Waals surface area contributed by atoms with Crippen LogP contribution in [-0.2, 0) is 17.8 Å². The van der Waals surface area contributed by atoms with E-state index in [1.165, 1.54) is 12.0 Å². The van der Waals surface area contributed by atoms with E-state index < -0.39 is 0 Å². The number of fused-ring (bicyclic) bond motifs is 2. The van der Waals surface area contributed by atoms with Crippen LogP contribution in [0.2, 0.25) is 0 Å². The number of nitrogens with zero attached hydrogens (tertiary/aromatic N) is 8. The topological polar surface area (TPSA) is 244 Å².